The Bertz CT molecular complexity index is 621. The minimum Gasteiger partial charge on any atom is -0.399 e. The van der Waals surface area contributed by atoms with Crippen LogP contribution in [0.3, 0.4) is 0 Å². The number of halogens is 1. The molecule has 19 heavy (non-hydrogen) atoms. The first-order valence-corrected chi connectivity index (χ1v) is 6.59. The molecule has 0 aliphatic heterocycles. The number of rotatable bonds is 3. The highest BCUT2D eigenvalue weighted by molar-refractivity contribution is 9.10. The van der Waals surface area contributed by atoms with Crippen molar-refractivity contribution in [3.8, 4) is 0 Å². The molecule has 0 spiro atoms. The summed E-state index contributed by atoms with van der Waals surface area (Å²) >= 11 is 3.34. The van der Waals surface area contributed by atoms with E-state index in [1.54, 1.807) is 22.9 Å². The molecule has 5 nitrogen and oxygen atoms in total. The van der Waals surface area contributed by atoms with Crippen molar-refractivity contribution in [2.45, 2.75) is 13.5 Å². The molecule has 1 amide bonds. The molecule has 0 saturated heterocycles. The van der Waals surface area contributed by atoms with Crippen molar-refractivity contribution in [1.82, 2.24) is 15.1 Å². The zero-order chi connectivity index (χ0) is 14.0. The lowest BCUT2D eigenvalue weighted by atomic mass is 10.2. The van der Waals surface area contributed by atoms with E-state index >= 15 is 0 Å². The second-order valence-corrected chi connectivity index (χ2v) is 5.19. The van der Waals surface area contributed by atoms with Gasteiger partial charge in [-0.1, -0.05) is 0 Å². The van der Waals surface area contributed by atoms with E-state index in [2.05, 4.69) is 26.3 Å². The number of anilines is 1. The lowest BCUT2D eigenvalue weighted by Crippen LogP contribution is -2.23. The minimum absolute atomic E-state index is 0.164. The molecule has 100 valence electrons. The summed E-state index contributed by atoms with van der Waals surface area (Å²) in [6.07, 6.45) is 1.89. The van der Waals surface area contributed by atoms with Gasteiger partial charge in [0.1, 0.15) is 0 Å². The third-order valence-electron chi connectivity index (χ3n) is 2.79. The number of hydrogen-bond acceptors (Lipinski definition) is 3. The molecule has 0 fully saturated rings. The number of carbonyl (C=O) groups is 1. The molecular weight excluding hydrogens is 308 g/mol. The van der Waals surface area contributed by atoms with E-state index in [0.717, 1.165) is 15.7 Å². The summed E-state index contributed by atoms with van der Waals surface area (Å²) < 4.78 is 2.45. The summed E-state index contributed by atoms with van der Waals surface area (Å²) in [5.41, 5.74) is 8.68. The molecule has 3 N–H and O–H groups in total. The molecular formula is C13H15BrN4O. The maximum Gasteiger partial charge on any atom is 0.252 e. The van der Waals surface area contributed by atoms with Gasteiger partial charge in [-0.3, -0.25) is 9.48 Å². The average Bonchev–Trinajstić information content (AvgIpc) is 2.68. The smallest absolute Gasteiger partial charge is 0.252 e. The van der Waals surface area contributed by atoms with Gasteiger partial charge in [-0.15, -0.1) is 0 Å². The first kappa shape index (κ1) is 13.6. The molecule has 0 radical (unpaired) electrons. The van der Waals surface area contributed by atoms with Crippen molar-refractivity contribution in [2.75, 3.05) is 5.73 Å². The standard InChI is InChI=1S/C13H15BrN4O/c1-8-9(7-18(2)17-8)6-16-13(19)11-5-10(15)3-4-12(11)14/h3-5,7H,6,15H2,1-2H3,(H,16,19). The Labute approximate surface area is 119 Å². The normalized spacial score (nSPS) is 10.5. The number of carbonyl (C=O) groups excluding carboxylic acids is 1. The third-order valence-corrected chi connectivity index (χ3v) is 3.48. The van der Waals surface area contributed by atoms with E-state index in [1.807, 2.05) is 20.2 Å². The summed E-state index contributed by atoms with van der Waals surface area (Å²) in [5, 5.41) is 7.09. The van der Waals surface area contributed by atoms with E-state index in [-0.39, 0.29) is 5.91 Å². The number of nitrogen functional groups attached to an aromatic ring is 1. The fraction of sp³-hybridized carbons (Fsp3) is 0.231. The molecule has 1 aromatic heterocycles. The van der Waals surface area contributed by atoms with Crippen LogP contribution in [0.15, 0.2) is 28.9 Å². The van der Waals surface area contributed by atoms with Gasteiger partial charge in [0.25, 0.3) is 5.91 Å². The lowest BCUT2D eigenvalue weighted by molar-refractivity contribution is 0.0950. The molecule has 0 saturated carbocycles. The quantitative estimate of drug-likeness (QED) is 0.849. The van der Waals surface area contributed by atoms with Gasteiger partial charge in [-0.25, -0.2) is 0 Å². The molecule has 0 atom stereocenters. The number of amides is 1. The Hall–Kier alpha value is -1.82. The Morgan fingerprint density at radius 1 is 1.53 bits per heavy atom. The molecule has 1 aromatic carbocycles. The van der Waals surface area contributed by atoms with Crippen molar-refractivity contribution >= 4 is 27.5 Å². The van der Waals surface area contributed by atoms with Crippen molar-refractivity contribution in [3.05, 3.63) is 45.7 Å². The fourth-order valence-corrected chi connectivity index (χ4v) is 2.24. The summed E-state index contributed by atoms with van der Waals surface area (Å²) in [6.45, 7) is 2.36. The summed E-state index contributed by atoms with van der Waals surface area (Å²) in [7, 11) is 1.85. The molecule has 0 unspecified atom stereocenters. The van der Waals surface area contributed by atoms with Crippen molar-refractivity contribution < 1.29 is 4.79 Å². The van der Waals surface area contributed by atoms with Crippen molar-refractivity contribution in [2.24, 2.45) is 7.05 Å². The number of benzene rings is 1. The molecule has 2 aromatic rings. The molecule has 0 bridgehead atoms. The van der Waals surface area contributed by atoms with Crippen LogP contribution in [0.25, 0.3) is 0 Å². The van der Waals surface area contributed by atoms with Crippen LogP contribution in [-0.4, -0.2) is 15.7 Å². The van der Waals surface area contributed by atoms with E-state index in [0.29, 0.717) is 17.8 Å². The van der Waals surface area contributed by atoms with Crippen LogP contribution in [0.5, 0.6) is 0 Å². The SMILES string of the molecule is Cc1nn(C)cc1CNC(=O)c1cc(N)ccc1Br. The van der Waals surface area contributed by atoms with Gasteiger partial charge in [-0.05, 0) is 41.1 Å². The van der Waals surface area contributed by atoms with Gasteiger partial charge >= 0.3 is 0 Å². The van der Waals surface area contributed by atoms with Gasteiger partial charge < -0.3 is 11.1 Å². The first-order chi connectivity index (χ1) is 8.97. The van der Waals surface area contributed by atoms with E-state index in [1.165, 1.54) is 0 Å². The van der Waals surface area contributed by atoms with Gasteiger partial charge in [0.05, 0.1) is 11.3 Å². The number of hydrogen-bond donors (Lipinski definition) is 2. The predicted octanol–water partition coefficient (Wildman–Crippen LogP) is 2.00. The number of aryl methyl sites for hydroxylation is 2. The largest absolute Gasteiger partial charge is 0.399 e. The highest BCUT2D eigenvalue weighted by Crippen LogP contribution is 2.19. The average molecular weight is 323 g/mol. The topological polar surface area (TPSA) is 72.9 Å². The molecule has 2 rings (SSSR count). The van der Waals surface area contributed by atoms with Crippen molar-refractivity contribution in [1.29, 1.82) is 0 Å². The lowest BCUT2D eigenvalue weighted by Gasteiger charge is -2.07. The van der Waals surface area contributed by atoms with Gasteiger partial charge in [0.15, 0.2) is 0 Å². The summed E-state index contributed by atoms with van der Waals surface area (Å²) in [6, 6.07) is 5.15. The Kier molecular flexibility index (Phi) is 3.90. The number of nitrogens with one attached hydrogen (secondary N) is 1. The van der Waals surface area contributed by atoms with Gasteiger partial charge in [0, 0.05) is 35.5 Å². The third kappa shape index (κ3) is 3.14. The highest BCUT2D eigenvalue weighted by Gasteiger charge is 2.11. The summed E-state index contributed by atoms with van der Waals surface area (Å²) in [4.78, 5) is 12.1. The molecule has 0 aliphatic carbocycles. The predicted molar refractivity (Wildman–Crippen MR) is 77.7 cm³/mol. The monoisotopic (exact) mass is 322 g/mol. The minimum atomic E-state index is -0.164. The van der Waals surface area contributed by atoms with Crippen LogP contribution in [-0.2, 0) is 13.6 Å². The number of aromatic nitrogens is 2. The van der Waals surface area contributed by atoms with E-state index < -0.39 is 0 Å². The van der Waals surface area contributed by atoms with Crippen LogP contribution >= 0.6 is 15.9 Å². The van der Waals surface area contributed by atoms with Gasteiger partial charge in [0.2, 0.25) is 0 Å². The maximum atomic E-state index is 12.1. The van der Waals surface area contributed by atoms with Gasteiger partial charge in [-0.2, -0.15) is 5.10 Å². The van der Waals surface area contributed by atoms with Crippen molar-refractivity contribution in [3.63, 3.8) is 0 Å². The molecule has 0 aliphatic rings. The second kappa shape index (κ2) is 5.44. The maximum absolute atomic E-state index is 12.1. The number of nitrogens with two attached hydrogens (primary N) is 1. The Balaban J connectivity index is 2.09. The van der Waals surface area contributed by atoms with Crippen LogP contribution < -0.4 is 11.1 Å². The Morgan fingerprint density at radius 3 is 2.89 bits per heavy atom. The first-order valence-electron chi connectivity index (χ1n) is 5.79. The summed E-state index contributed by atoms with van der Waals surface area (Å²) in [5.74, 6) is -0.164. The molecule has 1 heterocycles. The second-order valence-electron chi connectivity index (χ2n) is 4.34. The number of nitrogens with zero attached hydrogens (tertiary/aromatic N) is 2. The molecule has 6 heteroatoms. The van der Waals surface area contributed by atoms with Crippen LogP contribution in [0.4, 0.5) is 5.69 Å². The highest BCUT2D eigenvalue weighted by atomic mass is 79.9. The fourth-order valence-electron chi connectivity index (χ4n) is 1.81. The van der Waals surface area contributed by atoms with E-state index in [4.69, 9.17) is 5.73 Å². The Morgan fingerprint density at radius 2 is 2.26 bits per heavy atom. The zero-order valence-corrected chi connectivity index (χ0v) is 12.4. The van der Waals surface area contributed by atoms with Crippen LogP contribution in [0.1, 0.15) is 21.6 Å². The van der Waals surface area contributed by atoms with E-state index in [9.17, 15) is 4.79 Å². The zero-order valence-electron chi connectivity index (χ0n) is 10.8. The van der Waals surface area contributed by atoms with Crippen LogP contribution in [0.2, 0.25) is 0 Å². The van der Waals surface area contributed by atoms with Crippen LogP contribution in [0, 0.1) is 6.92 Å².